The lowest BCUT2D eigenvalue weighted by atomic mass is 10.0. The summed E-state index contributed by atoms with van der Waals surface area (Å²) in [5, 5.41) is 7.67. The average Bonchev–Trinajstić information content (AvgIpc) is 3.25. The van der Waals surface area contributed by atoms with Crippen molar-refractivity contribution in [3.8, 4) is 0 Å². The van der Waals surface area contributed by atoms with Crippen LogP contribution in [0.3, 0.4) is 0 Å². The maximum Gasteiger partial charge on any atom is 0.193 e. The van der Waals surface area contributed by atoms with Crippen LogP contribution in [0.2, 0.25) is 0 Å². The van der Waals surface area contributed by atoms with Gasteiger partial charge in [0.1, 0.15) is 5.82 Å². The van der Waals surface area contributed by atoms with E-state index in [1.807, 2.05) is 30.1 Å². The Morgan fingerprint density at radius 2 is 2.12 bits per heavy atom. The molecule has 1 unspecified atom stereocenters. The molecule has 1 N–H and O–H groups in total. The first kappa shape index (κ1) is 20.7. The third-order valence-electron chi connectivity index (χ3n) is 4.59. The highest BCUT2D eigenvalue weighted by molar-refractivity contribution is 14.0. The summed E-state index contributed by atoms with van der Waals surface area (Å²) < 4.78 is 14.8. The van der Waals surface area contributed by atoms with E-state index in [1.165, 1.54) is 17.7 Å². The molecule has 0 bridgehead atoms. The second kappa shape index (κ2) is 9.89. The third-order valence-corrected chi connectivity index (χ3v) is 4.59. The summed E-state index contributed by atoms with van der Waals surface area (Å²) in [6, 6.07) is 6.66. The summed E-state index contributed by atoms with van der Waals surface area (Å²) in [7, 11) is 1.96. The van der Waals surface area contributed by atoms with Gasteiger partial charge in [0.25, 0.3) is 0 Å². The number of rotatable bonds is 5. The van der Waals surface area contributed by atoms with Gasteiger partial charge in [-0.15, -0.1) is 24.0 Å². The van der Waals surface area contributed by atoms with Crippen molar-refractivity contribution in [3.63, 3.8) is 0 Å². The number of nitrogens with zero attached hydrogens (tertiary/aromatic N) is 4. The van der Waals surface area contributed by atoms with Gasteiger partial charge in [-0.2, -0.15) is 5.10 Å². The number of aliphatic imine (C=N–C) groups is 1. The van der Waals surface area contributed by atoms with Gasteiger partial charge >= 0.3 is 0 Å². The molecule has 2 aromatic rings. The van der Waals surface area contributed by atoms with Gasteiger partial charge in [0.05, 0.1) is 6.20 Å². The number of aryl methyl sites for hydroxylation is 1. The number of hydrogen-bond acceptors (Lipinski definition) is 2. The fourth-order valence-electron chi connectivity index (χ4n) is 3.24. The number of nitrogens with one attached hydrogen (secondary N) is 1. The van der Waals surface area contributed by atoms with E-state index in [1.54, 1.807) is 0 Å². The fourth-order valence-corrected chi connectivity index (χ4v) is 3.24. The first-order chi connectivity index (χ1) is 12.2. The molecule has 26 heavy (non-hydrogen) atoms. The van der Waals surface area contributed by atoms with E-state index < -0.39 is 0 Å². The minimum absolute atomic E-state index is 0. The van der Waals surface area contributed by atoms with Gasteiger partial charge in [-0.05, 0) is 43.0 Å². The molecule has 3 rings (SSSR count). The summed E-state index contributed by atoms with van der Waals surface area (Å²) in [6.45, 7) is 5.60. The molecular formula is C19H27FIN5. The van der Waals surface area contributed by atoms with Crippen molar-refractivity contribution in [2.45, 2.75) is 25.7 Å². The highest BCUT2D eigenvalue weighted by Crippen LogP contribution is 2.26. The summed E-state index contributed by atoms with van der Waals surface area (Å²) in [6.07, 6.45) is 6.00. The lowest BCUT2D eigenvalue weighted by Crippen LogP contribution is -2.40. The Balaban J connectivity index is 0.00000243. The van der Waals surface area contributed by atoms with Crippen LogP contribution in [0, 0.1) is 5.82 Å². The first-order valence-corrected chi connectivity index (χ1v) is 8.92. The van der Waals surface area contributed by atoms with Gasteiger partial charge in [-0.1, -0.05) is 12.1 Å². The van der Waals surface area contributed by atoms with Gasteiger partial charge < -0.3 is 10.2 Å². The second-order valence-electron chi connectivity index (χ2n) is 6.49. The van der Waals surface area contributed by atoms with Crippen LogP contribution in [-0.2, 0) is 13.5 Å². The van der Waals surface area contributed by atoms with Gasteiger partial charge in [0.15, 0.2) is 5.96 Å². The number of aromatic nitrogens is 2. The van der Waals surface area contributed by atoms with Crippen LogP contribution in [-0.4, -0.2) is 46.8 Å². The minimum atomic E-state index is -0.195. The van der Waals surface area contributed by atoms with Crippen molar-refractivity contribution in [1.82, 2.24) is 20.0 Å². The van der Waals surface area contributed by atoms with Gasteiger partial charge in [0.2, 0.25) is 0 Å². The molecule has 0 aliphatic carbocycles. The quantitative estimate of drug-likeness (QED) is 0.414. The van der Waals surface area contributed by atoms with Crippen molar-refractivity contribution in [2.75, 3.05) is 26.2 Å². The Morgan fingerprint density at radius 3 is 2.77 bits per heavy atom. The Kier molecular flexibility index (Phi) is 7.86. The molecular weight excluding hydrogens is 444 g/mol. The molecule has 0 amide bonds. The van der Waals surface area contributed by atoms with Crippen molar-refractivity contribution in [2.24, 2.45) is 12.0 Å². The molecule has 5 nitrogen and oxygen atoms in total. The molecule has 0 saturated carbocycles. The van der Waals surface area contributed by atoms with E-state index >= 15 is 0 Å². The van der Waals surface area contributed by atoms with Crippen molar-refractivity contribution < 1.29 is 4.39 Å². The van der Waals surface area contributed by atoms with Crippen LogP contribution >= 0.6 is 24.0 Å². The fraction of sp³-hybridized carbons (Fsp3) is 0.474. The standard InChI is InChI=1S/C19H26FN5.HI/c1-3-21-19(22-10-8-15-4-6-18(20)7-5-15)25-11-9-16(14-25)17-12-23-24(2)13-17;/h4-7,12-13,16H,3,8-11,14H2,1-2H3,(H,21,22);1H. The Labute approximate surface area is 171 Å². The van der Waals surface area contributed by atoms with E-state index in [9.17, 15) is 4.39 Å². The van der Waals surface area contributed by atoms with Crippen LogP contribution in [0.15, 0.2) is 41.7 Å². The largest absolute Gasteiger partial charge is 0.357 e. The number of hydrogen-bond donors (Lipinski definition) is 1. The second-order valence-corrected chi connectivity index (χ2v) is 6.49. The van der Waals surface area contributed by atoms with Gasteiger partial charge in [-0.3, -0.25) is 9.67 Å². The van der Waals surface area contributed by atoms with Crippen LogP contribution in [0.5, 0.6) is 0 Å². The normalized spacial score (nSPS) is 17.3. The minimum Gasteiger partial charge on any atom is -0.357 e. The van der Waals surface area contributed by atoms with E-state index in [-0.39, 0.29) is 29.8 Å². The van der Waals surface area contributed by atoms with Crippen LogP contribution in [0.1, 0.15) is 30.4 Å². The molecule has 1 atom stereocenters. The summed E-state index contributed by atoms with van der Waals surface area (Å²) in [5.74, 6) is 1.28. The summed E-state index contributed by atoms with van der Waals surface area (Å²) in [5.41, 5.74) is 2.41. The zero-order valence-electron chi connectivity index (χ0n) is 15.4. The van der Waals surface area contributed by atoms with Crippen LogP contribution in [0.4, 0.5) is 4.39 Å². The molecule has 1 saturated heterocycles. The predicted molar refractivity (Wildman–Crippen MR) is 114 cm³/mol. The molecule has 142 valence electrons. The van der Waals surface area contributed by atoms with Gasteiger partial charge in [0, 0.05) is 45.3 Å². The van der Waals surface area contributed by atoms with Crippen LogP contribution < -0.4 is 5.32 Å². The highest BCUT2D eigenvalue weighted by Gasteiger charge is 2.26. The smallest absolute Gasteiger partial charge is 0.193 e. The number of guanidine groups is 1. The average molecular weight is 471 g/mol. The Bertz CT molecular complexity index is 713. The van der Waals surface area contributed by atoms with Crippen LogP contribution in [0.25, 0.3) is 0 Å². The first-order valence-electron chi connectivity index (χ1n) is 8.92. The van der Waals surface area contributed by atoms with E-state index in [4.69, 9.17) is 4.99 Å². The molecule has 1 aromatic heterocycles. The zero-order chi connectivity index (χ0) is 17.6. The molecule has 1 aliphatic rings. The SMILES string of the molecule is CCNC(=NCCc1ccc(F)cc1)N1CCC(c2cnn(C)c2)C1.I. The van der Waals surface area contributed by atoms with E-state index in [0.717, 1.165) is 44.0 Å². The monoisotopic (exact) mass is 471 g/mol. The molecule has 0 spiro atoms. The highest BCUT2D eigenvalue weighted by atomic mass is 127. The molecule has 1 fully saturated rings. The lowest BCUT2D eigenvalue weighted by molar-refractivity contribution is 0.486. The van der Waals surface area contributed by atoms with Crippen molar-refractivity contribution in [1.29, 1.82) is 0 Å². The number of likely N-dealkylation sites (tertiary alicyclic amines) is 1. The maximum atomic E-state index is 13.0. The zero-order valence-corrected chi connectivity index (χ0v) is 17.7. The Hall–Kier alpha value is -1.64. The maximum absolute atomic E-state index is 13.0. The molecule has 0 radical (unpaired) electrons. The van der Waals surface area contributed by atoms with E-state index in [0.29, 0.717) is 12.5 Å². The lowest BCUT2D eigenvalue weighted by Gasteiger charge is -2.21. The topological polar surface area (TPSA) is 45.5 Å². The van der Waals surface area contributed by atoms with Crippen molar-refractivity contribution >= 4 is 29.9 Å². The molecule has 2 heterocycles. The summed E-state index contributed by atoms with van der Waals surface area (Å²) >= 11 is 0. The third kappa shape index (κ3) is 5.43. The Morgan fingerprint density at radius 1 is 1.35 bits per heavy atom. The number of halogens is 2. The van der Waals surface area contributed by atoms with Gasteiger partial charge in [-0.25, -0.2) is 4.39 Å². The van der Waals surface area contributed by atoms with Crippen molar-refractivity contribution in [3.05, 3.63) is 53.6 Å². The molecule has 1 aromatic carbocycles. The molecule has 1 aliphatic heterocycles. The molecule has 7 heteroatoms. The van der Waals surface area contributed by atoms with E-state index in [2.05, 4.69) is 28.4 Å². The predicted octanol–water partition coefficient (Wildman–Crippen LogP) is 3.17. The summed E-state index contributed by atoms with van der Waals surface area (Å²) in [4.78, 5) is 7.09. The number of benzene rings is 1.